The summed E-state index contributed by atoms with van der Waals surface area (Å²) in [7, 11) is 1.57. The number of rotatable bonds is 8. The molecule has 1 N–H and O–H groups in total. The normalized spacial score (nSPS) is 17.9. The maximum Gasteiger partial charge on any atom is 0.295 e. The smallest absolute Gasteiger partial charge is 0.295 e. The standard InChI is InChI=1S/C25H29BrN2O4/c1-5-27(6-2)13-14-28-22(17-7-9-18(26)10-8-17)21(24(30)25(28)31)23(29)20-12-11-19(32-4)15-16(20)3/h7-12,15,22,29H,5-6,13-14H2,1-4H3/b23-21+/t22-/m1/s1. The fourth-order valence-corrected chi connectivity index (χ4v) is 4.33. The molecule has 1 atom stereocenters. The van der Waals surface area contributed by atoms with Gasteiger partial charge in [0.15, 0.2) is 0 Å². The molecule has 3 rings (SSSR count). The van der Waals surface area contributed by atoms with Crippen molar-refractivity contribution in [2.24, 2.45) is 0 Å². The highest BCUT2D eigenvalue weighted by molar-refractivity contribution is 9.10. The second-order valence-corrected chi connectivity index (χ2v) is 8.67. The lowest BCUT2D eigenvalue weighted by atomic mass is 9.94. The van der Waals surface area contributed by atoms with E-state index >= 15 is 0 Å². The van der Waals surface area contributed by atoms with Gasteiger partial charge in [-0.3, -0.25) is 9.59 Å². The van der Waals surface area contributed by atoms with Gasteiger partial charge in [-0.25, -0.2) is 0 Å². The summed E-state index contributed by atoms with van der Waals surface area (Å²) >= 11 is 3.44. The highest BCUT2D eigenvalue weighted by Crippen LogP contribution is 2.40. The fourth-order valence-electron chi connectivity index (χ4n) is 4.07. The highest BCUT2D eigenvalue weighted by atomic mass is 79.9. The number of likely N-dealkylation sites (N-methyl/N-ethyl adjacent to an activating group) is 1. The zero-order chi connectivity index (χ0) is 23.4. The van der Waals surface area contributed by atoms with Crippen LogP contribution in [0.5, 0.6) is 5.75 Å². The van der Waals surface area contributed by atoms with Crippen LogP contribution in [0.1, 0.15) is 36.6 Å². The van der Waals surface area contributed by atoms with E-state index in [1.807, 2.05) is 31.2 Å². The Morgan fingerprint density at radius 2 is 1.78 bits per heavy atom. The molecule has 0 unspecified atom stereocenters. The van der Waals surface area contributed by atoms with Crippen molar-refractivity contribution in [1.29, 1.82) is 0 Å². The summed E-state index contributed by atoms with van der Waals surface area (Å²) in [5.41, 5.74) is 2.16. The van der Waals surface area contributed by atoms with Crippen LogP contribution >= 0.6 is 15.9 Å². The summed E-state index contributed by atoms with van der Waals surface area (Å²) in [4.78, 5) is 30.0. The van der Waals surface area contributed by atoms with E-state index in [1.54, 1.807) is 30.2 Å². The maximum atomic E-state index is 13.1. The first-order valence-electron chi connectivity index (χ1n) is 10.7. The second kappa shape index (κ2) is 10.3. The number of ketones is 1. The molecule has 2 aromatic carbocycles. The Balaban J connectivity index is 2.12. The molecule has 6 nitrogen and oxygen atoms in total. The SMILES string of the molecule is CCN(CC)CCN1C(=O)C(=O)/C(=C(/O)c2ccc(OC)cc2C)[C@H]1c1ccc(Br)cc1. The number of Topliss-reactive ketones (excluding diaryl/α,β-unsaturated/α-hetero) is 1. The molecule has 0 radical (unpaired) electrons. The molecular formula is C25H29BrN2O4. The largest absolute Gasteiger partial charge is 0.507 e. The van der Waals surface area contributed by atoms with Crippen LogP contribution in [0, 0.1) is 6.92 Å². The quantitative estimate of drug-likeness (QED) is 0.327. The van der Waals surface area contributed by atoms with Gasteiger partial charge in [0.05, 0.1) is 18.7 Å². The predicted molar refractivity (Wildman–Crippen MR) is 129 cm³/mol. The molecule has 7 heteroatoms. The van der Waals surface area contributed by atoms with Crippen molar-refractivity contribution in [1.82, 2.24) is 9.80 Å². The molecule has 0 aromatic heterocycles. The van der Waals surface area contributed by atoms with E-state index in [4.69, 9.17) is 4.74 Å². The summed E-state index contributed by atoms with van der Waals surface area (Å²) in [6, 6.07) is 12.1. The summed E-state index contributed by atoms with van der Waals surface area (Å²) in [5, 5.41) is 11.2. The van der Waals surface area contributed by atoms with E-state index in [9.17, 15) is 14.7 Å². The number of aliphatic hydroxyl groups excluding tert-OH is 1. The van der Waals surface area contributed by atoms with Gasteiger partial charge < -0.3 is 19.6 Å². The van der Waals surface area contributed by atoms with Crippen LogP contribution in [0.25, 0.3) is 5.76 Å². The highest BCUT2D eigenvalue weighted by Gasteiger charge is 2.46. The Morgan fingerprint density at radius 1 is 1.12 bits per heavy atom. The van der Waals surface area contributed by atoms with Crippen LogP contribution in [0.15, 0.2) is 52.5 Å². The first-order chi connectivity index (χ1) is 15.3. The minimum atomic E-state index is -0.662. The number of likely N-dealkylation sites (tertiary alicyclic amines) is 1. The Hall–Kier alpha value is -2.64. The summed E-state index contributed by atoms with van der Waals surface area (Å²) < 4.78 is 6.15. The van der Waals surface area contributed by atoms with Crippen LogP contribution in [-0.2, 0) is 9.59 Å². The van der Waals surface area contributed by atoms with Crippen LogP contribution < -0.4 is 4.74 Å². The minimum Gasteiger partial charge on any atom is -0.507 e. The predicted octanol–water partition coefficient (Wildman–Crippen LogP) is 4.53. The van der Waals surface area contributed by atoms with Gasteiger partial charge in [0.2, 0.25) is 0 Å². The Kier molecular flexibility index (Phi) is 7.74. The van der Waals surface area contributed by atoms with E-state index in [0.717, 1.165) is 28.7 Å². The summed E-state index contributed by atoms with van der Waals surface area (Å²) in [5.74, 6) is -0.757. The lowest BCUT2D eigenvalue weighted by molar-refractivity contribution is -0.140. The van der Waals surface area contributed by atoms with Crippen molar-refractivity contribution >= 4 is 33.4 Å². The van der Waals surface area contributed by atoms with Crippen LogP contribution in [0.4, 0.5) is 0 Å². The van der Waals surface area contributed by atoms with Gasteiger partial charge in [-0.15, -0.1) is 0 Å². The zero-order valence-corrected chi connectivity index (χ0v) is 20.5. The number of carbonyl (C=O) groups is 2. The Labute approximate surface area is 197 Å². The molecule has 1 fully saturated rings. The van der Waals surface area contributed by atoms with E-state index in [1.165, 1.54) is 0 Å². The lowest BCUT2D eigenvalue weighted by Crippen LogP contribution is -2.38. The molecule has 32 heavy (non-hydrogen) atoms. The van der Waals surface area contributed by atoms with E-state index in [0.29, 0.717) is 24.4 Å². The molecule has 0 spiro atoms. The topological polar surface area (TPSA) is 70.1 Å². The number of methoxy groups -OCH3 is 1. The van der Waals surface area contributed by atoms with Gasteiger partial charge in [-0.05, 0) is 61.5 Å². The first kappa shape index (κ1) is 24.0. The van der Waals surface area contributed by atoms with Gasteiger partial charge in [-0.2, -0.15) is 0 Å². The number of carbonyl (C=O) groups excluding carboxylic acids is 2. The third-order valence-electron chi connectivity index (χ3n) is 5.97. The van der Waals surface area contributed by atoms with Crippen molar-refractivity contribution in [3.8, 4) is 5.75 Å². The van der Waals surface area contributed by atoms with Gasteiger partial charge in [-0.1, -0.05) is 41.9 Å². The number of ether oxygens (including phenoxy) is 1. The lowest BCUT2D eigenvalue weighted by Gasteiger charge is -2.28. The Bertz CT molecular complexity index is 1030. The molecule has 170 valence electrons. The van der Waals surface area contributed by atoms with Crippen molar-refractivity contribution in [2.75, 3.05) is 33.3 Å². The number of hydrogen-bond acceptors (Lipinski definition) is 5. The fraction of sp³-hybridized carbons (Fsp3) is 0.360. The molecule has 2 aromatic rings. The summed E-state index contributed by atoms with van der Waals surface area (Å²) in [6.45, 7) is 8.72. The van der Waals surface area contributed by atoms with Gasteiger partial charge in [0, 0.05) is 23.1 Å². The maximum absolute atomic E-state index is 13.1. The Morgan fingerprint density at radius 3 is 2.34 bits per heavy atom. The van der Waals surface area contributed by atoms with Gasteiger partial charge in [0.25, 0.3) is 11.7 Å². The van der Waals surface area contributed by atoms with Crippen LogP contribution in [0.3, 0.4) is 0 Å². The molecule has 1 aliphatic rings. The first-order valence-corrected chi connectivity index (χ1v) is 11.5. The van der Waals surface area contributed by atoms with Gasteiger partial charge in [0.1, 0.15) is 11.5 Å². The minimum absolute atomic E-state index is 0.116. The molecule has 0 saturated carbocycles. The molecule has 1 aliphatic heterocycles. The van der Waals surface area contributed by atoms with Crippen molar-refractivity contribution < 1.29 is 19.4 Å². The third kappa shape index (κ3) is 4.74. The van der Waals surface area contributed by atoms with Crippen LogP contribution in [0.2, 0.25) is 0 Å². The molecule has 1 amide bonds. The van der Waals surface area contributed by atoms with E-state index in [2.05, 4.69) is 34.7 Å². The third-order valence-corrected chi connectivity index (χ3v) is 6.49. The van der Waals surface area contributed by atoms with E-state index < -0.39 is 17.7 Å². The molecule has 0 bridgehead atoms. The number of amides is 1. The average Bonchev–Trinajstić information content (AvgIpc) is 3.04. The van der Waals surface area contributed by atoms with E-state index in [-0.39, 0.29) is 11.3 Å². The summed E-state index contributed by atoms with van der Waals surface area (Å²) in [6.07, 6.45) is 0. The second-order valence-electron chi connectivity index (χ2n) is 7.75. The number of halogens is 1. The number of aryl methyl sites for hydroxylation is 1. The number of aliphatic hydroxyl groups is 1. The average molecular weight is 501 g/mol. The zero-order valence-electron chi connectivity index (χ0n) is 18.9. The molecule has 1 saturated heterocycles. The van der Waals surface area contributed by atoms with Crippen LogP contribution in [-0.4, -0.2) is 59.9 Å². The van der Waals surface area contributed by atoms with Crippen molar-refractivity contribution in [2.45, 2.75) is 26.8 Å². The number of hydrogen-bond donors (Lipinski definition) is 1. The van der Waals surface area contributed by atoms with Crippen molar-refractivity contribution in [3.05, 3.63) is 69.2 Å². The molecule has 1 heterocycles. The molecular weight excluding hydrogens is 472 g/mol. The molecule has 0 aliphatic carbocycles. The number of nitrogens with zero attached hydrogens (tertiary/aromatic N) is 2. The number of benzene rings is 2. The van der Waals surface area contributed by atoms with Crippen molar-refractivity contribution in [3.63, 3.8) is 0 Å². The van der Waals surface area contributed by atoms with Gasteiger partial charge >= 0.3 is 0 Å². The monoisotopic (exact) mass is 500 g/mol.